The first-order valence-corrected chi connectivity index (χ1v) is 9.22. The molecule has 1 aliphatic heterocycles. The van der Waals surface area contributed by atoms with Crippen LogP contribution >= 0.6 is 0 Å². The zero-order valence-electron chi connectivity index (χ0n) is 16.2. The van der Waals surface area contributed by atoms with E-state index in [-0.39, 0.29) is 5.57 Å². The molecule has 28 heavy (non-hydrogen) atoms. The Morgan fingerprint density at radius 1 is 1.14 bits per heavy atom. The molecule has 2 aromatic carbocycles. The van der Waals surface area contributed by atoms with Gasteiger partial charge >= 0.3 is 0 Å². The van der Waals surface area contributed by atoms with Crippen LogP contribution in [0.1, 0.15) is 5.56 Å². The van der Waals surface area contributed by atoms with E-state index in [9.17, 15) is 10.1 Å². The molecule has 1 amide bonds. The number of para-hydroxylation sites is 1. The quantitative estimate of drug-likeness (QED) is 0.641. The summed E-state index contributed by atoms with van der Waals surface area (Å²) in [6, 6.07) is 17.8. The highest BCUT2D eigenvalue weighted by atomic mass is 16.5. The van der Waals surface area contributed by atoms with Crippen LogP contribution in [0.4, 0.5) is 11.4 Å². The van der Waals surface area contributed by atoms with Gasteiger partial charge in [-0.05, 0) is 36.8 Å². The Morgan fingerprint density at radius 3 is 2.50 bits per heavy atom. The summed E-state index contributed by atoms with van der Waals surface area (Å²) in [4.78, 5) is 16.9. The number of nitrogens with zero attached hydrogens (tertiary/aromatic N) is 3. The minimum absolute atomic E-state index is 0.0803. The third-order valence-electron chi connectivity index (χ3n) is 4.72. The van der Waals surface area contributed by atoms with Gasteiger partial charge in [-0.25, -0.2) is 0 Å². The number of carbonyl (C=O) groups is 1. The normalized spacial score (nSPS) is 14.4. The Labute approximate surface area is 165 Å². The van der Waals surface area contributed by atoms with Gasteiger partial charge in [0, 0.05) is 38.1 Å². The first-order chi connectivity index (χ1) is 13.6. The van der Waals surface area contributed by atoms with Gasteiger partial charge in [0.05, 0.1) is 12.8 Å². The maximum absolute atomic E-state index is 12.6. The Kier molecular flexibility index (Phi) is 6.18. The van der Waals surface area contributed by atoms with Crippen LogP contribution in [-0.4, -0.2) is 44.1 Å². The number of piperazine rings is 1. The highest BCUT2D eigenvalue weighted by Crippen LogP contribution is 2.25. The largest absolute Gasteiger partial charge is 0.495 e. The van der Waals surface area contributed by atoms with E-state index in [1.165, 1.54) is 5.69 Å². The van der Waals surface area contributed by atoms with Crippen LogP contribution < -0.4 is 15.0 Å². The van der Waals surface area contributed by atoms with Gasteiger partial charge < -0.3 is 19.9 Å². The lowest BCUT2D eigenvalue weighted by Crippen LogP contribution is -2.44. The number of carbonyl (C=O) groups excluding carboxylic acids is 1. The molecular formula is C22H24N4O2. The van der Waals surface area contributed by atoms with Crippen LogP contribution in [0.2, 0.25) is 0 Å². The van der Waals surface area contributed by atoms with Gasteiger partial charge in [-0.3, -0.25) is 4.79 Å². The minimum Gasteiger partial charge on any atom is -0.495 e. The van der Waals surface area contributed by atoms with Crippen molar-refractivity contribution in [2.24, 2.45) is 0 Å². The highest BCUT2D eigenvalue weighted by molar-refractivity contribution is 6.07. The van der Waals surface area contributed by atoms with Crippen molar-refractivity contribution in [3.8, 4) is 11.8 Å². The Bertz CT molecular complexity index is 894. The molecule has 0 spiro atoms. The molecule has 0 unspecified atom stereocenters. The number of ether oxygens (including phenoxy) is 1. The van der Waals surface area contributed by atoms with Gasteiger partial charge in [-0.15, -0.1) is 0 Å². The number of nitriles is 1. The molecule has 6 heteroatoms. The predicted octanol–water partition coefficient (Wildman–Crippen LogP) is 3.17. The molecule has 1 saturated heterocycles. The van der Waals surface area contributed by atoms with E-state index in [0.717, 1.165) is 31.7 Å². The second-order valence-electron chi connectivity index (χ2n) is 6.67. The molecule has 1 heterocycles. The lowest BCUT2D eigenvalue weighted by molar-refractivity contribution is -0.112. The van der Waals surface area contributed by atoms with Crippen molar-refractivity contribution >= 4 is 17.3 Å². The van der Waals surface area contributed by atoms with Crippen LogP contribution in [0.15, 0.2) is 60.3 Å². The smallest absolute Gasteiger partial charge is 0.267 e. The third-order valence-corrected chi connectivity index (χ3v) is 4.72. The molecule has 0 bridgehead atoms. The van der Waals surface area contributed by atoms with E-state index in [1.807, 2.05) is 48.2 Å². The van der Waals surface area contributed by atoms with Gasteiger partial charge in [0.25, 0.3) is 5.91 Å². The maximum atomic E-state index is 12.6. The molecular weight excluding hydrogens is 352 g/mol. The van der Waals surface area contributed by atoms with Crippen molar-refractivity contribution in [2.75, 3.05) is 43.5 Å². The van der Waals surface area contributed by atoms with Crippen LogP contribution in [0.25, 0.3) is 0 Å². The molecule has 0 radical (unpaired) electrons. The van der Waals surface area contributed by atoms with Crippen molar-refractivity contribution in [3.05, 3.63) is 65.9 Å². The Balaban J connectivity index is 1.65. The van der Waals surface area contributed by atoms with Gasteiger partial charge in [0.2, 0.25) is 0 Å². The molecule has 144 valence electrons. The van der Waals surface area contributed by atoms with Crippen molar-refractivity contribution in [1.82, 2.24) is 4.90 Å². The molecule has 0 aliphatic carbocycles. The average molecular weight is 376 g/mol. The lowest BCUT2D eigenvalue weighted by Gasteiger charge is -2.35. The van der Waals surface area contributed by atoms with E-state index < -0.39 is 5.91 Å². The number of nitrogens with one attached hydrogen (secondary N) is 1. The fourth-order valence-electron chi connectivity index (χ4n) is 3.18. The average Bonchev–Trinajstić information content (AvgIpc) is 2.73. The SMILES string of the molecule is COc1ccc(C)cc1NC(=O)/C(C#N)=C\N1CCN(c2ccccc2)CC1. The molecule has 1 aliphatic rings. The zero-order chi connectivity index (χ0) is 19.9. The third kappa shape index (κ3) is 4.63. The molecule has 1 fully saturated rings. The van der Waals surface area contributed by atoms with E-state index >= 15 is 0 Å². The molecule has 1 N–H and O–H groups in total. The van der Waals surface area contributed by atoms with Crippen molar-refractivity contribution in [2.45, 2.75) is 6.92 Å². The summed E-state index contributed by atoms with van der Waals surface area (Å²) in [6.45, 7) is 5.11. The molecule has 0 saturated carbocycles. The van der Waals surface area contributed by atoms with Crippen molar-refractivity contribution in [3.63, 3.8) is 0 Å². The fourth-order valence-corrected chi connectivity index (χ4v) is 3.18. The summed E-state index contributed by atoms with van der Waals surface area (Å²) in [6.07, 6.45) is 1.65. The van der Waals surface area contributed by atoms with Gasteiger partial charge in [0.15, 0.2) is 0 Å². The second kappa shape index (κ2) is 8.96. The Hall–Kier alpha value is -3.46. The summed E-state index contributed by atoms with van der Waals surface area (Å²) in [7, 11) is 1.55. The molecule has 0 atom stereocenters. The van der Waals surface area contributed by atoms with Crippen LogP contribution in [0.3, 0.4) is 0 Å². The summed E-state index contributed by atoms with van der Waals surface area (Å²) in [5, 5.41) is 12.3. The maximum Gasteiger partial charge on any atom is 0.267 e. The predicted molar refractivity (Wildman–Crippen MR) is 110 cm³/mol. The first-order valence-electron chi connectivity index (χ1n) is 9.22. The number of aryl methyl sites for hydroxylation is 1. The number of methoxy groups -OCH3 is 1. The number of amides is 1. The van der Waals surface area contributed by atoms with E-state index in [0.29, 0.717) is 11.4 Å². The van der Waals surface area contributed by atoms with Gasteiger partial charge in [0.1, 0.15) is 17.4 Å². The standard InChI is InChI=1S/C22H24N4O2/c1-17-8-9-21(28-2)20(14-17)24-22(27)18(15-23)16-25-10-12-26(13-11-25)19-6-4-3-5-7-19/h3-9,14,16H,10-13H2,1-2H3,(H,24,27)/b18-16-. The van der Waals surface area contributed by atoms with Gasteiger partial charge in [-0.1, -0.05) is 24.3 Å². The lowest BCUT2D eigenvalue weighted by atomic mass is 10.2. The molecule has 0 aromatic heterocycles. The summed E-state index contributed by atoms with van der Waals surface area (Å²) < 4.78 is 5.29. The van der Waals surface area contributed by atoms with Crippen LogP contribution in [0.5, 0.6) is 5.75 Å². The number of anilines is 2. The van der Waals surface area contributed by atoms with E-state index in [1.54, 1.807) is 19.4 Å². The summed E-state index contributed by atoms with van der Waals surface area (Å²) in [5.41, 5.74) is 2.82. The zero-order valence-corrected chi connectivity index (χ0v) is 16.2. The van der Waals surface area contributed by atoms with E-state index in [2.05, 4.69) is 22.3 Å². The number of hydrogen-bond acceptors (Lipinski definition) is 5. The summed E-state index contributed by atoms with van der Waals surface area (Å²) >= 11 is 0. The Morgan fingerprint density at radius 2 is 1.86 bits per heavy atom. The van der Waals surface area contributed by atoms with Crippen LogP contribution in [-0.2, 0) is 4.79 Å². The summed E-state index contributed by atoms with van der Waals surface area (Å²) in [5.74, 6) is 0.129. The molecule has 6 nitrogen and oxygen atoms in total. The van der Waals surface area contributed by atoms with Crippen LogP contribution in [0, 0.1) is 18.3 Å². The molecule has 2 aromatic rings. The topological polar surface area (TPSA) is 68.6 Å². The van der Waals surface area contributed by atoms with Crippen molar-refractivity contribution in [1.29, 1.82) is 5.26 Å². The first kappa shape index (κ1) is 19.3. The second-order valence-corrected chi connectivity index (χ2v) is 6.67. The highest BCUT2D eigenvalue weighted by Gasteiger charge is 2.18. The molecule has 3 rings (SSSR count). The van der Waals surface area contributed by atoms with Gasteiger partial charge in [-0.2, -0.15) is 5.26 Å². The van der Waals surface area contributed by atoms with Crippen molar-refractivity contribution < 1.29 is 9.53 Å². The monoisotopic (exact) mass is 376 g/mol. The van der Waals surface area contributed by atoms with E-state index in [4.69, 9.17) is 4.74 Å². The minimum atomic E-state index is -0.433. The number of benzene rings is 2. The number of rotatable bonds is 5. The number of hydrogen-bond donors (Lipinski definition) is 1. The fraction of sp³-hybridized carbons (Fsp3) is 0.273.